The van der Waals surface area contributed by atoms with Crippen molar-refractivity contribution in [1.29, 1.82) is 0 Å². The molecule has 1 saturated heterocycles. The minimum absolute atomic E-state index is 0.226. The van der Waals surface area contributed by atoms with Gasteiger partial charge in [-0.3, -0.25) is 15.0 Å². The highest BCUT2D eigenvalue weighted by Gasteiger charge is 2.34. The zero-order valence-electron chi connectivity index (χ0n) is 18.9. The Kier molecular flexibility index (Phi) is 9.41. The summed E-state index contributed by atoms with van der Waals surface area (Å²) in [4.78, 5) is 25.9. The van der Waals surface area contributed by atoms with Crippen LogP contribution in [0, 0.1) is 5.92 Å². The summed E-state index contributed by atoms with van der Waals surface area (Å²) in [7, 11) is 0. The summed E-state index contributed by atoms with van der Waals surface area (Å²) in [6.45, 7) is 7.21. The van der Waals surface area contributed by atoms with Crippen LogP contribution >= 0.6 is 51.5 Å². The normalized spacial score (nSPS) is 14.8. The van der Waals surface area contributed by atoms with Gasteiger partial charge in [0.25, 0.3) is 11.8 Å². The molecule has 0 aliphatic carbocycles. The van der Waals surface area contributed by atoms with E-state index in [0.29, 0.717) is 46.1 Å². The van der Waals surface area contributed by atoms with Gasteiger partial charge in [-0.2, -0.15) is 5.01 Å². The molecule has 2 amide bonds. The summed E-state index contributed by atoms with van der Waals surface area (Å²) in [5.41, 5.74) is 3.60. The number of nitrogens with one attached hydrogen (secondary N) is 1. The van der Waals surface area contributed by atoms with Gasteiger partial charge in [-0.25, -0.2) is 0 Å². The first-order valence-corrected chi connectivity index (χ1v) is 13.0. The van der Waals surface area contributed by atoms with E-state index in [1.54, 1.807) is 24.3 Å². The molecule has 6 nitrogen and oxygen atoms in total. The SMILES string of the molecule is CCOc1cc(/C=C2/SC(=S)N(NC(=O)c3cccc(Cl)c3)C2=O)cc(Br)c1OCCC(C)C. The maximum atomic E-state index is 13.0. The molecule has 1 aliphatic rings. The zero-order valence-corrected chi connectivity index (χ0v) is 22.9. The Morgan fingerprint density at radius 3 is 2.74 bits per heavy atom. The quantitative estimate of drug-likeness (QED) is 0.270. The fourth-order valence-electron chi connectivity index (χ4n) is 2.98. The third-order valence-corrected chi connectivity index (χ3v) is 6.79. The van der Waals surface area contributed by atoms with Crippen molar-refractivity contribution in [2.45, 2.75) is 27.2 Å². The number of thiocarbonyl (C=S) groups is 1. The van der Waals surface area contributed by atoms with Crippen LogP contribution in [0.5, 0.6) is 11.5 Å². The first-order chi connectivity index (χ1) is 16.2. The van der Waals surface area contributed by atoms with Crippen molar-refractivity contribution in [2.75, 3.05) is 13.2 Å². The van der Waals surface area contributed by atoms with E-state index < -0.39 is 11.8 Å². The van der Waals surface area contributed by atoms with Gasteiger partial charge in [0.2, 0.25) is 0 Å². The minimum Gasteiger partial charge on any atom is -0.490 e. The number of ether oxygens (including phenoxy) is 2. The van der Waals surface area contributed by atoms with Crippen LogP contribution in [-0.4, -0.2) is 34.4 Å². The lowest BCUT2D eigenvalue weighted by molar-refractivity contribution is -0.123. The molecular formula is C24H24BrClN2O4S2. The molecule has 180 valence electrons. The number of hydrogen-bond acceptors (Lipinski definition) is 6. The molecule has 0 bridgehead atoms. The summed E-state index contributed by atoms with van der Waals surface area (Å²) in [5.74, 6) is 0.827. The van der Waals surface area contributed by atoms with E-state index in [1.165, 1.54) is 6.07 Å². The third kappa shape index (κ3) is 6.75. The number of thioether (sulfide) groups is 1. The molecule has 0 saturated carbocycles. The summed E-state index contributed by atoms with van der Waals surface area (Å²) < 4.78 is 12.7. The van der Waals surface area contributed by atoms with Crippen LogP contribution < -0.4 is 14.9 Å². The van der Waals surface area contributed by atoms with E-state index in [4.69, 9.17) is 33.3 Å². The largest absolute Gasteiger partial charge is 0.490 e. The topological polar surface area (TPSA) is 67.9 Å². The highest BCUT2D eigenvalue weighted by Crippen LogP contribution is 2.39. The van der Waals surface area contributed by atoms with Gasteiger partial charge in [-0.05, 0) is 89.4 Å². The van der Waals surface area contributed by atoms with E-state index in [0.717, 1.165) is 33.2 Å². The van der Waals surface area contributed by atoms with Crippen molar-refractivity contribution in [1.82, 2.24) is 10.4 Å². The van der Waals surface area contributed by atoms with Gasteiger partial charge in [-0.1, -0.05) is 43.3 Å². The number of hydrazine groups is 1. The standard InChI is InChI=1S/C24H24BrClN2O4S2/c1-4-31-19-11-15(10-18(25)21(19)32-9-8-14(2)3)12-20-23(30)28(24(33)34-20)27-22(29)16-6-5-7-17(26)13-16/h5-7,10-14H,4,8-9H2,1-3H3,(H,27,29)/b20-12+. The zero-order chi connectivity index (χ0) is 24.8. The van der Waals surface area contributed by atoms with Crippen LogP contribution in [0.1, 0.15) is 43.1 Å². The van der Waals surface area contributed by atoms with E-state index in [1.807, 2.05) is 19.1 Å². The Morgan fingerprint density at radius 1 is 1.29 bits per heavy atom. The molecule has 1 fully saturated rings. The van der Waals surface area contributed by atoms with Crippen LogP contribution in [0.2, 0.25) is 5.02 Å². The Balaban J connectivity index is 1.80. The Hall–Kier alpha value is -2.07. The van der Waals surface area contributed by atoms with Crippen LogP contribution in [-0.2, 0) is 4.79 Å². The van der Waals surface area contributed by atoms with Crippen molar-refractivity contribution < 1.29 is 19.1 Å². The fraction of sp³-hybridized carbons (Fsp3) is 0.292. The number of rotatable bonds is 9. The molecule has 34 heavy (non-hydrogen) atoms. The van der Waals surface area contributed by atoms with Crippen LogP contribution in [0.4, 0.5) is 0 Å². The van der Waals surface area contributed by atoms with Gasteiger partial charge in [0.1, 0.15) is 0 Å². The summed E-state index contributed by atoms with van der Waals surface area (Å²) in [5, 5.41) is 1.49. The second kappa shape index (κ2) is 12.1. The smallest absolute Gasteiger partial charge is 0.285 e. The van der Waals surface area contributed by atoms with Crippen molar-refractivity contribution >= 4 is 73.7 Å². The Bertz CT molecular complexity index is 1140. The lowest BCUT2D eigenvalue weighted by Crippen LogP contribution is -2.44. The highest BCUT2D eigenvalue weighted by atomic mass is 79.9. The molecule has 2 aromatic rings. The number of amides is 2. The number of nitrogens with zero attached hydrogens (tertiary/aromatic N) is 1. The van der Waals surface area contributed by atoms with Crippen molar-refractivity contribution in [3.63, 3.8) is 0 Å². The molecule has 10 heteroatoms. The first kappa shape index (κ1) is 26.5. The Morgan fingerprint density at radius 2 is 2.06 bits per heavy atom. The molecule has 0 atom stereocenters. The van der Waals surface area contributed by atoms with Crippen molar-refractivity contribution in [3.8, 4) is 11.5 Å². The van der Waals surface area contributed by atoms with Gasteiger partial charge >= 0.3 is 0 Å². The van der Waals surface area contributed by atoms with E-state index >= 15 is 0 Å². The van der Waals surface area contributed by atoms with Crippen molar-refractivity contribution in [2.24, 2.45) is 5.92 Å². The van der Waals surface area contributed by atoms with Gasteiger partial charge in [0.05, 0.1) is 22.6 Å². The minimum atomic E-state index is -0.482. The second-order valence-electron chi connectivity index (χ2n) is 7.76. The summed E-state index contributed by atoms with van der Waals surface area (Å²) >= 11 is 15.9. The molecule has 1 N–H and O–H groups in total. The maximum absolute atomic E-state index is 13.0. The molecule has 1 aliphatic heterocycles. The molecule has 3 rings (SSSR count). The molecule has 0 radical (unpaired) electrons. The lowest BCUT2D eigenvalue weighted by atomic mass is 10.1. The molecule has 1 heterocycles. The van der Waals surface area contributed by atoms with E-state index in [2.05, 4.69) is 35.2 Å². The van der Waals surface area contributed by atoms with Gasteiger partial charge < -0.3 is 9.47 Å². The molecule has 2 aromatic carbocycles. The number of hydrogen-bond donors (Lipinski definition) is 1. The number of carbonyl (C=O) groups is 2. The molecule has 0 spiro atoms. The highest BCUT2D eigenvalue weighted by molar-refractivity contribution is 9.10. The van der Waals surface area contributed by atoms with E-state index in [9.17, 15) is 9.59 Å². The summed E-state index contributed by atoms with van der Waals surface area (Å²) in [6, 6.07) is 10.1. The first-order valence-electron chi connectivity index (χ1n) is 10.6. The number of benzene rings is 2. The lowest BCUT2D eigenvalue weighted by Gasteiger charge is -2.16. The van der Waals surface area contributed by atoms with Crippen LogP contribution in [0.25, 0.3) is 6.08 Å². The van der Waals surface area contributed by atoms with Gasteiger partial charge in [-0.15, -0.1) is 0 Å². The van der Waals surface area contributed by atoms with E-state index in [-0.39, 0.29) is 4.32 Å². The maximum Gasteiger partial charge on any atom is 0.285 e. The monoisotopic (exact) mass is 582 g/mol. The van der Waals surface area contributed by atoms with Crippen molar-refractivity contribution in [3.05, 3.63) is 61.9 Å². The molecule has 0 unspecified atom stereocenters. The van der Waals surface area contributed by atoms with Crippen LogP contribution in [0.15, 0.2) is 45.8 Å². The predicted molar refractivity (Wildman–Crippen MR) is 144 cm³/mol. The second-order valence-corrected chi connectivity index (χ2v) is 10.7. The summed E-state index contributed by atoms with van der Waals surface area (Å²) in [6.07, 6.45) is 2.62. The third-order valence-electron chi connectivity index (χ3n) is 4.66. The van der Waals surface area contributed by atoms with Gasteiger partial charge in [0.15, 0.2) is 15.8 Å². The number of carbonyl (C=O) groups excluding carboxylic acids is 2. The van der Waals surface area contributed by atoms with Gasteiger partial charge in [0, 0.05) is 10.6 Å². The number of halogens is 2. The average Bonchev–Trinajstić information content (AvgIpc) is 3.02. The fourth-order valence-corrected chi connectivity index (χ4v) is 4.93. The molecule has 0 aromatic heterocycles. The van der Waals surface area contributed by atoms with Crippen LogP contribution in [0.3, 0.4) is 0 Å². The predicted octanol–water partition coefficient (Wildman–Crippen LogP) is 6.47. The molecular weight excluding hydrogens is 560 g/mol. The Labute approximate surface area is 222 Å². The average molecular weight is 584 g/mol.